The third-order valence-corrected chi connectivity index (χ3v) is 6.53. The number of carbonyl (C=O) groups excluding carboxylic acids is 1. The smallest absolute Gasteiger partial charge is 0.255 e. The molecule has 1 atom stereocenters. The number of nitrogens with zero attached hydrogens (tertiary/aromatic N) is 2. The highest BCUT2D eigenvalue weighted by molar-refractivity contribution is 7.99. The van der Waals surface area contributed by atoms with Crippen LogP contribution in [0.1, 0.15) is 34.8 Å². The first-order valence-corrected chi connectivity index (χ1v) is 11.2. The highest BCUT2D eigenvalue weighted by Gasteiger charge is 2.26. The van der Waals surface area contributed by atoms with Gasteiger partial charge in [0, 0.05) is 35.9 Å². The van der Waals surface area contributed by atoms with E-state index in [2.05, 4.69) is 10.4 Å². The van der Waals surface area contributed by atoms with Crippen molar-refractivity contribution >= 4 is 17.7 Å². The second-order valence-corrected chi connectivity index (χ2v) is 8.76. The van der Waals surface area contributed by atoms with Gasteiger partial charge in [-0.1, -0.05) is 0 Å². The van der Waals surface area contributed by atoms with E-state index < -0.39 is 0 Å². The van der Waals surface area contributed by atoms with Crippen LogP contribution in [0.3, 0.4) is 0 Å². The summed E-state index contributed by atoms with van der Waals surface area (Å²) in [5.74, 6) is 1.69. The summed E-state index contributed by atoms with van der Waals surface area (Å²) >= 11 is 1.68. The Kier molecular flexibility index (Phi) is 5.31. The summed E-state index contributed by atoms with van der Waals surface area (Å²) in [5.41, 5.74) is 2.64. The van der Waals surface area contributed by atoms with Gasteiger partial charge in [-0.2, -0.15) is 5.10 Å². The summed E-state index contributed by atoms with van der Waals surface area (Å²) in [6.07, 6.45) is 3.27. The lowest BCUT2D eigenvalue weighted by Crippen LogP contribution is -2.30. The van der Waals surface area contributed by atoms with Gasteiger partial charge in [-0.3, -0.25) is 9.48 Å². The van der Waals surface area contributed by atoms with Gasteiger partial charge in [0.05, 0.1) is 24.8 Å². The average molecular weight is 440 g/mol. The van der Waals surface area contributed by atoms with Crippen molar-refractivity contribution in [3.8, 4) is 22.8 Å². The quantitative estimate of drug-likeness (QED) is 0.657. The zero-order chi connectivity index (χ0) is 21.4. The first-order chi connectivity index (χ1) is 15.1. The van der Waals surface area contributed by atoms with Gasteiger partial charge in [0.1, 0.15) is 11.5 Å². The molecule has 8 heteroatoms. The minimum absolute atomic E-state index is 0.234. The number of nitrogens with one attached hydrogen (secondary N) is 1. The van der Waals surface area contributed by atoms with Crippen molar-refractivity contribution < 1.29 is 18.7 Å². The molecule has 1 N–H and O–H groups in total. The van der Waals surface area contributed by atoms with Crippen LogP contribution in [0.25, 0.3) is 11.3 Å². The number of fused-ring (bicyclic) bond motifs is 2. The number of aryl methyl sites for hydroxylation is 1. The van der Waals surface area contributed by atoms with Crippen molar-refractivity contribution in [2.45, 2.75) is 23.8 Å². The number of ether oxygens (including phenoxy) is 2. The standard InChI is InChI=1S/C23H22FN3O3S/c1-27-13-17(22(26-27)14-3-5-19-20(11-14)30-9-2-8-29-19)23(28)25-18-7-10-31-21-6-4-15(24)12-16(18)21/h3-6,11-13,18H,2,7-10H2,1H3,(H,25,28). The molecule has 2 aliphatic heterocycles. The van der Waals surface area contributed by atoms with Gasteiger partial charge >= 0.3 is 0 Å². The van der Waals surface area contributed by atoms with E-state index in [0.717, 1.165) is 34.6 Å². The van der Waals surface area contributed by atoms with E-state index in [1.54, 1.807) is 35.8 Å². The van der Waals surface area contributed by atoms with Crippen molar-refractivity contribution in [2.75, 3.05) is 19.0 Å². The monoisotopic (exact) mass is 439 g/mol. The number of hydrogen-bond acceptors (Lipinski definition) is 5. The molecular weight excluding hydrogens is 417 g/mol. The number of aromatic nitrogens is 2. The fraction of sp³-hybridized carbons (Fsp3) is 0.304. The van der Waals surface area contributed by atoms with Crippen LogP contribution in [0.2, 0.25) is 0 Å². The largest absolute Gasteiger partial charge is 0.490 e. The number of thioether (sulfide) groups is 1. The molecule has 1 unspecified atom stereocenters. The van der Waals surface area contributed by atoms with Crippen molar-refractivity contribution in [1.82, 2.24) is 15.1 Å². The fourth-order valence-electron chi connectivity index (χ4n) is 3.93. The summed E-state index contributed by atoms with van der Waals surface area (Å²) < 4.78 is 26.9. The van der Waals surface area contributed by atoms with Crippen LogP contribution < -0.4 is 14.8 Å². The average Bonchev–Trinajstić information content (AvgIpc) is 3.01. The van der Waals surface area contributed by atoms with Gasteiger partial charge in [-0.05, 0) is 48.4 Å². The summed E-state index contributed by atoms with van der Waals surface area (Å²) in [4.78, 5) is 14.2. The van der Waals surface area contributed by atoms with Gasteiger partial charge < -0.3 is 14.8 Å². The lowest BCUT2D eigenvalue weighted by atomic mass is 10.0. The maximum Gasteiger partial charge on any atom is 0.255 e. The molecule has 0 aliphatic carbocycles. The van der Waals surface area contributed by atoms with Crippen molar-refractivity contribution in [2.24, 2.45) is 7.05 Å². The van der Waals surface area contributed by atoms with E-state index >= 15 is 0 Å². The zero-order valence-corrected chi connectivity index (χ0v) is 17.9. The number of rotatable bonds is 3. The van der Waals surface area contributed by atoms with Gasteiger partial charge in [-0.25, -0.2) is 4.39 Å². The molecule has 5 rings (SSSR count). The van der Waals surface area contributed by atoms with Crippen LogP contribution in [-0.4, -0.2) is 34.7 Å². The molecular formula is C23H22FN3O3S. The molecule has 3 heterocycles. The second-order valence-electron chi connectivity index (χ2n) is 7.62. The number of hydrogen-bond donors (Lipinski definition) is 1. The Labute approximate surface area is 183 Å². The van der Waals surface area contributed by atoms with E-state index in [1.807, 2.05) is 18.2 Å². The Morgan fingerprint density at radius 3 is 2.90 bits per heavy atom. The number of carbonyl (C=O) groups is 1. The molecule has 3 aromatic rings. The van der Waals surface area contributed by atoms with E-state index in [1.165, 1.54) is 12.1 Å². The van der Waals surface area contributed by atoms with Crippen molar-refractivity contribution in [3.05, 3.63) is 59.5 Å². The first kappa shape index (κ1) is 19.9. The Bertz CT molecular complexity index is 1150. The molecule has 0 saturated carbocycles. The lowest BCUT2D eigenvalue weighted by Gasteiger charge is -2.26. The molecule has 0 radical (unpaired) electrons. The molecule has 0 saturated heterocycles. The molecule has 6 nitrogen and oxygen atoms in total. The van der Waals surface area contributed by atoms with Crippen LogP contribution in [0.15, 0.2) is 47.5 Å². The van der Waals surface area contributed by atoms with Crippen molar-refractivity contribution in [3.63, 3.8) is 0 Å². The van der Waals surface area contributed by atoms with Crippen LogP contribution in [0.5, 0.6) is 11.5 Å². The van der Waals surface area contributed by atoms with Crippen LogP contribution in [0.4, 0.5) is 4.39 Å². The predicted octanol–water partition coefficient (Wildman–Crippen LogP) is 4.35. The van der Waals surface area contributed by atoms with Crippen LogP contribution in [-0.2, 0) is 7.05 Å². The lowest BCUT2D eigenvalue weighted by molar-refractivity contribution is 0.0935. The molecule has 0 spiro atoms. The molecule has 160 valence electrons. The highest BCUT2D eigenvalue weighted by atomic mass is 32.2. The van der Waals surface area contributed by atoms with E-state index in [0.29, 0.717) is 36.0 Å². The maximum absolute atomic E-state index is 13.8. The Morgan fingerprint density at radius 2 is 2.03 bits per heavy atom. The third-order valence-electron chi connectivity index (χ3n) is 5.41. The molecule has 1 aromatic heterocycles. The number of halogens is 1. The van der Waals surface area contributed by atoms with Crippen LogP contribution in [0, 0.1) is 5.82 Å². The Balaban J connectivity index is 1.45. The number of amides is 1. The number of benzene rings is 2. The summed E-state index contributed by atoms with van der Waals surface area (Å²) in [6, 6.07) is 10.1. The van der Waals surface area contributed by atoms with E-state index in [9.17, 15) is 9.18 Å². The highest BCUT2D eigenvalue weighted by Crippen LogP contribution is 2.38. The van der Waals surface area contributed by atoms with Crippen molar-refractivity contribution in [1.29, 1.82) is 0 Å². The molecule has 2 aromatic carbocycles. The summed E-state index contributed by atoms with van der Waals surface area (Å²) in [7, 11) is 1.78. The summed E-state index contributed by atoms with van der Waals surface area (Å²) in [6.45, 7) is 1.20. The maximum atomic E-state index is 13.8. The van der Waals surface area contributed by atoms with E-state index in [-0.39, 0.29) is 17.8 Å². The topological polar surface area (TPSA) is 65.4 Å². The third kappa shape index (κ3) is 3.99. The molecule has 1 amide bonds. The first-order valence-electron chi connectivity index (χ1n) is 10.3. The molecule has 0 fully saturated rings. The summed E-state index contributed by atoms with van der Waals surface area (Å²) in [5, 5.41) is 7.61. The van der Waals surface area contributed by atoms with Crippen LogP contribution >= 0.6 is 11.8 Å². The van der Waals surface area contributed by atoms with Gasteiger partial charge in [0.2, 0.25) is 0 Å². The minimum atomic E-state index is -0.297. The van der Waals surface area contributed by atoms with Gasteiger partial charge in [0.15, 0.2) is 11.5 Å². The SMILES string of the molecule is Cn1cc(C(=O)NC2CCSc3ccc(F)cc32)c(-c2ccc3c(c2)OCCCO3)n1. The van der Waals surface area contributed by atoms with E-state index in [4.69, 9.17) is 9.47 Å². The zero-order valence-electron chi connectivity index (χ0n) is 17.1. The fourth-order valence-corrected chi connectivity index (χ4v) is 5.04. The Hall–Kier alpha value is -3.00. The van der Waals surface area contributed by atoms with Gasteiger partial charge in [-0.15, -0.1) is 11.8 Å². The predicted molar refractivity (Wildman–Crippen MR) is 116 cm³/mol. The minimum Gasteiger partial charge on any atom is -0.490 e. The second kappa shape index (κ2) is 8.26. The molecule has 31 heavy (non-hydrogen) atoms. The molecule has 2 aliphatic rings. The normalized spacial score (nSPS) is 17.5. The molecule has 0 bridgehead atoms. The van der Waals surface area contributed by atoms with Gasteiger partial charge in [0.25, 0.3) is 5.91 Å². The Morgan fingerprint density at radius 1 is 1.19 bits per heavy atom.